The van der Waals surface area contributed by atoms with Crippen molar-refractivity contribution in [3.8, 4) is 0 Å². The topological polar surface area (TPSA) is 26.3 Å². The van der Waals surface area contributed by atoms with Crippen LogP contribution in [0, 0.1) is 0 Å². The van der Waals surface area contributed by atoms with Gasteiger partial charge in [0, 0.05) is 5.88 Å². The van der Waals surface area contributed by atoms with E-state index < -0.39 is 0 Å². The van der Waals surface area contributed by atoms with Crippen LogP contribution < -0.4 is 0 Å². The number of esters is 1. The Bertz CT molecular complexity index is 261. The molecule has 0 amide bonds. The third-order valence-corrected chi connectivity index (χ3v) is 2.95. The number of carbonyl (C=O) groups is 1. The predicted molar refractivity (Wildman–Crippen MR) is 55.0 cm³/mol. The van der Waals surface area contributed by atoms with Crippen molar-refractivity contribution in [2.45, 2.75) is 5.38 Å². The molecule has 0 saturated carbocycles. The summed E-state index contributed by atoms with van der Waals surface area (Å²) in [6.45, 7) is 0.155. The largest absolute Gasteiger partial charge is 0.460 e. The van der Waals surface area contributed by atoms with Gasteiger partial charge in [0.15, 0.2) is 0 Å². The second kappa shape index (κ2) is 5.47. The first-order valence-corrected chi connectivity index (χ1v) is 5.49. The van der Waals surface area contributed by atoms with Crippen molar-refractivity contribution in [2.24, 2.45) is 0 Å². The van der Waals surface area contributed by atoms with Crippen LogP contribution in [0.25, 0.3) is 0 Å². The molecule has 0 aliphatic rings. The predicted octanol–water partition coefficient (Wildman–Crippen LogP) is 2.75. The summed E-state index contributed by atoms with van der Waals surface area (Å²) in [4.78, 5) is 11.8. The van der Waals surface area contributed by atoms with E-state index in [1.165, 1.54) is 11.3 Å². The molecule has 2 nitrogen and oxygen atoms in total. The van der Waals surface area contributed by atoms with E-state index in [4.69, 9.17) is 27.9 Å². The molecule has 0 N–H and O–H groups in total. The summed E-state index contributed by atoms with van der Waals surface area (Å²) in [6, 6.07) is 3.50. The van der Waals surface area contributed by atoms with E-state index in [0.29, 0.717) is 4.88 Å². The van der Waals surface area contributed by atoms with Crippen molar-refractivity contribution >= 4 is 40.5 Å². The zero-order valence-corrected chi connectivity index (χ0v) is 9.03. The van der Waals surface area contributed by atoms with Gasteiger partial charge in [0.05, 0.1) is 5.38 Å². The molecule has 0 bridgehead atoms. The van der Waals surface area contributed by atoms with Crippen molar-refractivity contribution in [3.63, 3.8) is 0 Å². The van der Waals surface area contributed by atoms with Crippen molar-refractivity contribution in [2.75, 3.05) is 12.5 Å². The number of halogens is 2. The first kappa shape index (κ1) is 10.8. The molecule has 0 aromatic carbocycles. The van der Waals surface area contributed by atoms with Crippen LogP contribution in [0.4, 0.5) is 0 Å². The van der Waals surface area contributed by atoms with Gasteiger partial charge in [-0.1, -0.05) is 6.07 Å². The highest BCUT2D eigenvalue weighted by Gasteiger charge is 2.10. The van der Waals surface area contributed by atoms with Gasteiger partial charge < -0.3 is 4.74 Å². The molecular formula is C8H8Cl2O2S. The maximum atomic E-state index is 11.2. The van der Waals surface area contributed by atoms with Crippen LogP contribution in [-0.4, -0.2) is 23.8 Å². The van der Waals surface area contributed by atoms with Crippen LogP contribution in [0.5, 0.6) is 0 Å². The second-order valence-corrected chi connectivity index (χ2v) is 4.20. The minimum atomic E-state index is -0.342. The molecule has 1 atom stereocenters. The standard InChI is InChI=1S/C8H8Cl2O2S/c9-4-6(10)5-12-8(11)7-2-1-3-13-7/h1-3,6H,4-5H2. The Morgan fingerprint density at radius 3 is 3.00 bits per heavy atom. The molecule has 5 heteroatoms. The zero-order chi connectivity index (χ0) is 9.68. The molecule has 0 aliphatic carbocycles. The fourth-order valence-electron chi connectivity index (χ4n) is 0.676. The van der Waals surface area contributed by atoms with E-state index in [1.807, 2.05) is 5.38 Å². The van der Waals surface area contributed by atoms with E-state index >= 15 is 0 Å². The molecular weight excluding hydrogens is 231 g/mol. The molecule has 0 radical (unpaired) electrons. The maximum absolute atomic E-state index is 11.2. The lowest BCUT2D eigenvalue weighted by molar-refractivity contribution is 0.0515. The highest BCUT2D eigenvalue weighted by molar-refractivity contribution is 7.11. The monoisotopic (exact) mass is 238 g/mol. The van der Waals surface area contributed by atoms with Gasteiger partial charge in [-0.05, 0) is 11.4 Å². The summed E-state index contributed by atoms with van der Waals surface area (Å²) < 4.78 is 4.89. The molecule has 1 rings (SSSR count). The Morgan fingerprint density at radius 1 is 1.69 bits per heavy atom. The number of rotatable bonds is 4. The van der Waals surface area contributed by atoms with Crippen molar-refractivity contribution < 1.29 is 9.53 Å². The fourth-order valence-corrected chi connectivity index (χ4v) is 1.44. The lowest BCUT2D eigenvalue weighted by atomic mass is 10.4. The summed E-state index contributed by atoms with van der Waals surface area (Å²) in [5, 5.41) is 1.50. The molecule has 0 spiro atoms. The molecule has 72 valence electrons. The molecule has 0 aliphatic heterocycles. The van der Waals surface area contributed by atoms with Crippen LogP contribution in [0.15, 0.2) is 17.5 Å². The minimum Gasteiger partial charge on any atom is -0.460 e. The lowest BCUT2D eigenvalue weighted by Crippen LogP contribution is -2.14. The van der Waals surface area contributed by atoms with Crippen LogP contribution in [0.2, 0.25) is 0 Å². The van der Waals surface area contributed by atoms with Crippen LogP contribution >= 0.6 is 34.5 Å². The average molecular weight is 239 g/mol. The molecule has 1 aromatic rings. The van der Waals surface area contributed by atoms with Crippen molar-refractivity contribution in [3.05, 3.63) is 22.4 Å². The highest BCUT2D eigenvalue weighted by atomic mass is 35.5. The van der Waals surface area contributed by atoms with Gasteiger partial charge in [0.2, 0.25) is 0 Å². The first-order valence-electron chi connectivity index (χ1n) is 3.64. The quantitative estimate of drug-likeness (QED) is 0.596. The summed E-state index contributed by atoms with van der Waals surface area (Å²) in [6.07, 6.45) is 0. The third-order valence-electron chi connectivity index (χ3n) is 1.29. The zero-order valence-electron chi connectivity index (χ0n) is 6.70. The number of alkyl halides is 2. The van der Waals surface area contributed by atoms with Gasteiger partial charge in [-0.3, -0.25) is 0 Å². The van der Waals surface area contributed by atoms with Gasteiger partial charge in [0.25, 0.3) is 0 Å². The molecule has 13 heavy (non-hydrogen) atoms. The smallest absolute Gasteiger partial charge is 0.348 e. The number of ether oxygens (including phenoxy) is 1. The van der Waals surface area contributed by atoms with E-state index in [0.717, 1.165) is 0 Å². The van der Waals surface area contributed by atoms with Gasteiger partial charge >= 0.3 is 5.97 Å². The Labute approximate surface area is 90.4 Å². The van der Waals surface area contributed by atoms with Crippen molar-refractivity contribution in [1.82, 2.24) is 0 Å². The Balaban J connectivity index is 2.35. The van der Waals surface area contributed by atoms with Crippen LogP contribution in [0.1, 0.15) is 9.67 Å². The Kier molecular flexibility index (Phi) is 4.56. The third kappa shape index (κ3) is 3.55. The normalized spacial score (nSPS) is 12.5. The van der Waals surface area contributed by atoms with E-state index in [2.05, 4.69) is 0 Å². The molecule has 1 aromatic heterocycles. The van der Waals surface area contributed by atoms with Crippen LogP contribution in [0.3, 0.4) is 0 Å². The Morgan fingerprint density at radius 2 is 2.46 bits per heavy atom. The summed E-state index contributed by atoms with van der Waals surface area (Å²) >= 11 is 12.4. The fraction of sp³-hybridized carbons (Fsp3) is 0.375. The minimum absolute atomic E-state index is 0.155. The number of carbonyl (C=O) groups excluding carboxylic acids is 1. The summed E-state index contributed by atoms with van der Waals surface area (Å²) in [7, 11) is 0. The Hall–Kier alpha value is -0.250. The number of hydrogen-bond donors (Lipinski definition) is 0. The number of thiophene rings is 1. The van der Waals surface area contributed by atoms with E-state index in [1.54, 1.807) is 12.1 Å². The lowest BCUT2D eigenvalue weighted by Gasteiger charge is -2.05. The van der Waals surface area contributed by atoms with Crippen LogP contribution in [-0.2, 0) is 4.74 Å². The first-order chi connectivity index (χ1) is 6.24. The average Bonchev–Trinajstić information content (AvgIpc) is 2.66. The molecule has 1 unspecified atom stereocenters. The van der Waals surface area contributed by atoms with Crippen molar-refractivity contribution in [1.29, 1.82) is 0 Å². The summed E-state index contributed by atoms with van der Waals surface area (Å²) in [5.74, 6) is -0.0648. The SMILES string of the molecule is O=C(OCC(Cl)CCl)c1cccs1. The highest BCUT2D eigenvalue weighted by Crippen LogP contribution is 2.10. The van der Waals surface area contributed by atoms with E-state index in [9.17, 15) is 4.79 Å². The van der Waals surface area contributed by atoms with Gasteiger partial charge in [0.1, 0.15) is 11.5 Å². The second-order valence-electron chi connectivity index (χ2n) is 2.33. The maximum Gasteiger partial charge on any atom is 0.348 e. The molecule has 0 fully saturated rings. The van der Waals surface area contributed by atoms with E-state index in [-0.39, 0.29) is 23.8 Å². The molecule has 0 saturated heterocycles. The number of hydrogen-bond acceptors (Lipinski definition) is 3. The van der Waals surface area contributed by atoms with Gasteiger partial charge in [-0.25, -0.2) is 4.79 Å². The van der Waals surface area contributed by atoms with Gasteiger partial charge in [-0.2, -0.15) is 0 Å². The van der Waals surface area contributed by atoms with Gasteiger partial charge in [-0.15, -0.1) is 34.5 Å². The summed E-state index contributed by atoms with van der Waals surface area (Å²) in [5.41, 5.74) is 0. The molecule has 1 heterocycles.